The predicted molar refractivity (Wildman–Crippen MR) is 294 cm³/mol. The van der Waals surface area contributed by atoms with Gasteiger partial charge in [0.2, 0.25) is 0 Å². The van der Waals surface area contributed by atoms with E-state index in [2.05, 4.69) is 282 Å². The van der Waals surface area contributed by atoms with E-state index in [1.807, 2.05) is 0 Å². The van der Waals surface area contributed by atoms with Crippen molar-refractivity contribution in [3.63, 3.8) is 0 Å². The zero-order valence-corrected chi connectivity index (χ0v) is 37.8. The summed E-state index contributed by atoms with van der Waals surface area (Å²) in [5.41, 5.74) is 16.1. The first-order chi connectivity index (χ1) is 34.2. The van der Waals surface area contributed by atoms with Gasteiger partial charge in [-0.05, 0) is 111 Å². The van der Waals surface area contributed by atoms with Gasteiger partial charge in [0.25, 0.3) is 0 Å². The molecule has 1 heterocycles. The minimum absolute atomic E-state index is 1.05. The third-order valence-corrected chi connectivity index (χ3v) is 13.8. The summed E-state index contributed by atoms with van der Waals surface area (Å²) in [6.07, 6.45) is 0. The van der Waals surface area contributed by atoms with Crippen LogP contribution in [-0.2, 0) is 0 Å². The molecule has 12 aromatic carbocycles. The van der Waals surface area contributed by atoms with Crippen molar-refractivity contribution in [2.24, 2.45) is 0 Å². The number of hydrogen-bond acceptors (Lipinski definition) is 2. The second-order valence-corrected chi connectivity index (χ2v) is 17.7. The first kappa shape index (κ1) is 40.1. The van der Waals surface area contributed by atoms with Crippen molar-refractivity contribution in [2.45, 2.75) is 0 Å². The molecule has 1 N–H and O–H groups in total. The summed E-state index contributed by atoms with van der Waals surface area (Å²) in [6.45, 7) is 0. The normalized spacial score (nSPS) is 11.5. The Morgan fingerprint density at radius 3 is 1.62 bits per heavy atom. The molecule has 1 aromatic heterocycles. The maximum Gasteiger partial charge on any atom is 0.0541 e. The number of nitrogens with one attached hydrogen (secondary N) is 1. The molecule has 0 saturated carbocycles. The Labute approximate surface area is 401 Å². The van der Waals surface area contributed by atoms with Gasteiger partial charge in [-0.1, -0.05) is 200 Å². The summed E-state index contributed by atoms with van der Waals surface area (Å²) in [4.78, 5) is 2.46. The third kappa shape index (κ3) is 6.99. The molecule has 0 saturated heterocycles. The molecule has 0 fully saturated rings. The van der Waals surface area contributed by atoms with E-state index in [1.165, 1.54) is 71.2 Å². The summed E-state index contributed by atoms with van der Waals surface area (Å²) >= 11 is 0. The van der Waals surface area contributed by atoms with Gasteiger partial charge in [-0.15, -0.1) is 0 Å². The Kier molecular flexibility index (Phi) is 9.84. The molecule has 324 valence electrons. The second kappa shape index (κ2) is 16.9. The predicted octanol–water partition coefficient (Wildman–Crippen LogP) is 18.5. The van der Waals surface area contributed by atoms with Crippen molar-refractivity contribution >= 4 is 82.6 Å². The number of fused-ring (bicyclic) bond motifs is 6. The van der Waals surface area contributed by atoms with Crippen LogP contribution in [0.4, 0.5) is 28.4 Å². The van der Waals surface area contributed by atoms with E-state index in [-0.39, 0.29) is 0 Å². The minimum Gasteiger partial charge on any atom is -0.355 e. The third-order valence-electron chi connectivity index (χ3n) is 13.8. The number of nitrogens with zero attached hydrogens (tertiary/aromatic N) is 2. The Hall–Kier alpha value is -9.18. The van der Waals surface area contributed by atoms with Crippen LogP contribution in [-0.4, -0.2) is 4.57 Å². The molecule has 0 amide bonds. The van der Waals surface area contributed by atoms with E-state index < -0.39 is 0 Å². The van der Waals surface area contributed by atoms with Crippen LogP contribution in [0.2, 0.25) is 0 Å². The van der Waals surface area contributed by atoms with Gasteiger partial charge in [0.1, 0.15) is 0 Å². The molecule has 0 radical (unpaired) electrons. The van der Waals surface area contributed by atoms with Crippen LogP contribution in [0.25, 0.3) is 93.2 Å². The second-order valence-electron chi connectivity index (χ2n) is 17.7. The lowest BCUT2D eigenvalue weighted by Crippen LogP contribution is -2.11. The highest BCUT2D eigenvalue weighted by atomic mass is 15.1. The fourth-order valence-electron chi connectivity index (χ4n) is 10.6. The van der Waals surface area contributed by atoms with Crippen molar-refractivity contribution in [3.05, 3.63) is 267 Å². The summed E-state index contributed by atoms with van der Waals surface area (Å²) in [6, 6.07) is 96.8. The SMILES string of the molecule is c1ccc(-c2ccccc2Nc2ccc(N(c3ccc(-c4cccc5ccccc45)cc3)c3ccc(-c4ccc5c(c4)c4ccccc4n5-c4ccccc4)c4ccccc34)c3ccccc23)cc1. The minimum atomic E-state index is 1.05. The van der Waals surface area contributed by atoms with Crippen molar-refractivity contribution in [2.75, 3.05) is 10.2 Å². The highest BCUT2D eigenvalue weighted by Crippen LogP contribution is 2.47. The molecule has 13 aromatic rings. The molecule has 69 heavy (non-hydrogen) atoms. The number of benzene rings is 12. The molecule has 0 unspecified atom stereocenters. The highest BCUT2D eigenvalue weighted by molar-refractivity contribution is 6.14. The number of aromatic nitrogens is 1. The van der Waals surface area contributed by atoms with E-state index in [0.717, 1.165) is 50.5 Å². The van der Waals surface area contributed by atoms with Crippen molar-refractivity contribution in [1.29, 1.82) is 0 Å². The van der Waals surface area contributed by atoms with Gasteiger partial charge in [-0.2, -0.15) is 0 Å². The van der Waals surface area contributed by atoms with Gasteiger partial charge >= 0.3 is 0 Å². The lowest BCUT2D eigenvalue weighted by molar-refractivity contribution is 1.18. The lowest BCUT2D eigenvalue weighted by atomic mass is 9.94. The summed E-state index contributed by atoms with van der Waals surface area (Å²) in [7, 11) is 0. The molecule has 0 aliphatic rings. The Balaban J connectivity index is 0.983. The van der Waals surface area contributed by atoms with Crippen LogP contribution in [0, 0.1) is 0 Å². The van der Waals surface area contributed by atoms with E-state index in [9.17, 15) is 0 Å². The monoisotopic (exact) mass is 879 g/mol. The van der Waals surface area contributed by atoms with Crippen LogP contribution in [0.5, 0.6) is 0 Å². The van der Waals surface area contributed by atoms with Crippen LogP contribution in [0.3, 0.4) is 0 Å². The smallest absolute Gasteiger partial charge is 0.0541 e. The molecule has 0 aliphatic heterocycles. The Morgan fingerprint density at radius 2 is 0.826 bits per heavy atom. The molecule has 0 aliphatic carbocycles. The standard InChI is InChI=1S/C66H45N3/c1-3-18-46(19-4-1)54-25-13-15-32-61(54)67-62-40-43-65(58-29-12-10-27-56(58)62)69(50-37-34-47(35-38-50)52-31-17-21-45-20-7-8-24-51(45)52)64-42-39-53(55-26-9-11-28-57(55)64)48-36-41-66-60(44-48)59-30-14-16-33-63(59)68(66)49-22-5-2-6-23-49/h1-44,67H. The summed E-state index contributed by atoms with van der Waals surface area (Å²) < 4.78 is 2.38. The first-order valence-electron chi connectivity index (χ1n) is 23.7. The average Bonchev–Trinajstić information content (AvgIpc) is 3.76. The largest absolute Gasteiger partial charge is 0.355 e. The highest BCUT2D eigenvalue weighted by Gasteiger charge is 2.22. The molecule has 0 bridgehead atoms. The molecule has 3 nitrogen and oxygen atoms in total. The van der Waals surface area contributed by atoms with Gasteiger partial charge in [0.15, 0.2) is 0 Å². The zero-order valence-electron chi connectivity index (χ0n) is 37.8. The van der Waals surface area contributed by atoms with E-state index in [4.69, 9.17) is 0 Å². The van der Waals surface area contributed by atoms with E-state index in [1.54, 1.807) is 0 Å². The van der Waals surface area contributed by atoms with Crippen molar-refractivity contribution in [1.82, 2.24) is 4.57 Å². The maximum absolute atomic E-state index is 3.87. The number of para-hydroxylation sites is 3. The number of hydrogen-bond donors (Lipinski definition) is 1. The van der Waals surface area contributed by atoms with Crippen molar-refractivity contribution in [3.8, 4) is 39.1 Å². The Morgan fingerprint density at radius 1 is 0.290 bits per heavy atom. The van der Waals surface area contributed by atoms with Gasteiger partial charge in [0, 0.05) is 55.2 Å². The number of rotatable bonds is 9. The van der Waals surface area contributed by atoms with Crippen molar-refractivity contribution < 1.29 is 0 Å². The van der Waals surface area contributed by atoms with Gasteiger partial charge in [-0.25, -0.2) is 0 Å². The Bertz CT molecular complexity index is 4030. The van der Waals surface area contributed by atoms with Crippen LogP contribution in [0.1, 0.15) is 0 Å². The van der Waals surface area contributed by atoms with E-state index >= 15 is 0 Å². The van der Waals surface area contributed by atoms with Gasteiger partial charge in [-0.3, -0.25) is 0 Å². The molecular formula is C66H45N3. The fraction of sp³-hybridized carbons (Fsp3) is 0. The lowest BCUT2D eigenvalue weighted by Gasteiger charge is -2.29. The van der Waals surface area contributed by atoms with E-state index in [0.29, 0.717) is 0 Å². The molecular weight excluding hydrogens is 835 g/mol. The molecule has 3 heteroatoms. The molecule has 0 atom stereocenters. The summed E-state index contributed by atoms with van der Waals surface area (Å²) in [5, 5.41) is 13.5. The number of anilines is 5. The van der Waals surface area contributed by atoms with Gasteiger partial charge in [0.05, 0.1) is 22.4 Å². The fourth-order valence-corrected chi connectivity index (χ4v) is 10.6. The molecule has 13 rings (SSSR count). The summed E-state index contributed by atoms with van der Waals surface area (Å²) in [5.74, 6) is 0. The maximum atomic E-state index is 3.87. The van der Waals surface area contributed by atoms with Gasteiger partial charge < -0.3 is 14.8 Å². The van der Waals surface area contributed by atoms with Crippen LogP contribution in [0.15, 0.2) is 267 Å². The first-order valence-corrected chi connectivity index (χ1v) is 23.7. The van der Waals surface area contributed by atoms with Crippen LogP contribution >= 0.6 is 0 Å². The average molecular weight is 880 g/mol. The van der Waals surface area contributed by atoms with Crippen LogP contribution < -0.4 is 10.2 Å². The quantitative estimate of drug-likeness (QED) is 0.156. The zero-order chi connectivity index (χ0) is 45.7. The molecule has 0 spiro atoms. The topological polar surface area (TPSA) is 20.2 Å².